The standard InChI is InChI=1S/C6H6ClN.C3H6N2S/c1-5-2-3-6(7)8-4-5;4-3-5-1-2-6-3/h2-4H,1H3;1-2H2,(H2,4,5). The van der Waals surface area contributed by atoms with Crippen LogP contribution in [0.15, 0.2) is 23.3 Å². The van der Waals surface area contributed by atoms with Crippen molar-refractivity contribution in [3.63, 3.8) is 0 Å². The van der Waals surface area contributed by atoms with E-state index in [0.717, 1.165) is 23.0 Å². The Morgan fingerprint density at radius 3 is 2.57 bits per heavy atom. The van der Waals surface area contributed by atoms with Crippen LogP contribution in [-0.2, 0) is 0 Å². The minimum absolute atomic E-state index is 0.551. The topological polar surface area (TPSA) is 51.3 Å². The van der Waals surface area contributed by atoms with Gasteiger partial charge in [-0.3, -0.25) is 4.99 Å². The molecular formula is C9H12ClN3S. The normalized spacial score (nSPS) is 14.3. The first kappa shape index (κ1) is 11.3. The molecule has 76 valence electrons. The number of nitrogens with two attached hydrogens (primary N) is 1. The largest absolute Gasteiger partial charge is 0.379 e. The molecular weight excluding hydrogens is 218 g/mol. The van der Waals surface area contributed by atoms with Gasteiger partial charge in [-0.15, -0.1) is 0 Å². The summed E-state index contributed by atoms with van der Waals surface area (Å²) in [6, 6.07) is 3.70. The molecule has 0 aliphatic carbocycles. The Labute approximate surface area is 92.8 Å². The molecule has 0 fully saturated rings. The zero-order valence-electron chi connectivity index (χ0n) is 7.90. The maximum atomic E-state index is 5.50. The van der Waals surface area contributed by atoms with Crippen molar-refractivity contribution in [3.8, 4) is 0 Å². The van der Waals surface area contributed by atoms with E-state index >= 15 is 0 Å². The second kappa shape index (κ2) is 5.88. The molecule has 1 aliphatic heterocycles. The fourth-order valence-corrected chi connectivity index (χ4v) is 1.49. The molecule has 0 radical (unpaired) electrons. The first-order valence-electron chi connectivity index (χ1n) is 4.19. The van der Waals surface area contributed by atoms with Gasteiger partial charge in [0.2, 0.25) is 0 Å². The van der Waals surface area contributed by atoms with E-state index in [4.69, 9.17) is 17.3 Å². The molecule has 2 rings (SSSR count). The highest BCUT2D eigenvalue weighted by molar-refractivity contribution is 8.14. The van der Waals surface area contributed by atoms with Crippen molar-refractivity contribution in [3.05, 3.63) is 29.0 Å². The van der Waals surface area contributed by atoms with Crippen molar-refractivity contribution in [1.29, 1.82) is 0 Å². The average Bonchev–Trinajstić information content (AvgIpc) is 2.63. The van der Waals surface area contributed by atoms with E-state index < -0.39 is 0 Å². The van der Waals surface area contributed by atoms with Crippen LogP contribution in [0.5, 0.6) is 0 Å². The Morgan fingerprint density at radius 1 is 1.50 bits per heavy atom. The van der Waals surface area contributed by atoms with Gasteiger partial charge < -0.3 is 5.73 Å². The predicted molar refractivity (Wildman–Crippen MR) is 62.9 cm³/mol. The summed E-state index contributed by atoms with van der Waals surface area (Å²) in [6.07, 6.45) is 1.74. The van der Waals surface area contributed by atoms with Gasteiger partial charge in [0, 0.05) is 11.9 Å². The van der Waals surface area contributed by atoms with Gasteiger partial charge in [-0.1, -0.05) is 29.4 Å². The molecule has 2 N–H and O–H groups in total. The van der Waals surface area contributed by atoms with Crippen molar-refractivity contribution in [2.24, 2.45) is 10.7 Å². The van der Waals surface area contributed by atoms with Crippen molar-refractivity contribution in [1.82, 2.24) is 4.98 Å². The molecule has 5 heteroatoms. The van der Waals surface area contributed by atoms with Crippen LogP contribution in [-0.4, -0.2) is 22.4 Å². The predicted octanol–water partition coefficient (Wildman–Crippen LogP) is 2.09. The van der Waals surface area contributed by atoms with Crippen molar-refractivity contribution < 1.29 is 0 Å². The zero-order valence-corrected chi connectivity index (χ0v) is 9.48. The number of amidine groups is 1. The van der Waals surface area contributed by atoms with Gasteiger partial charge in [-0.05, 0) is 18.6 Å². The van der Waals surface area contributed by atoms with E-state index in [0.29, 0.717) is 5.15 Å². The summed E-state index contributed by atoms with van der Waals surface area (Å²) in [4.78, 5) is 7.74. The van der Waals surface area contributed by atoms with Crippen molar-refractivity contribution >= 4 is 28.5 Å². The van der Waals surface area contributed by atoms with Crippen LogP contribution in [0.2, 0.25) is 5.15 Å². The van der Waals surface area contributed by atoms with Gasteiger partial charge in [0.15, 0.2) is 5.17 Å². The van der Waals surface area contributed by atoms with E-state index in [2.05, 4.69) is 9.98 Å². The smallest absolute Gasteiger partial charge is 0.153 e. The summed E-state index contributed by atoms with van der Waals surface area (Å²) in [7, 11) is 0. The molecule has 0 saturated heterocycles. The lowest BCUT2D eigenvalue weighted by atomic mass is 10.3. The molecule has 3 nitrogen and oxygen atoms in total. The van der Waals surface area contributed by atoms with E-state index in [9.17, 15) is 0 Å². The first-order valence-corrected chi connectivity index (χ1v) is 5.56. The summed E-state index contributed by atoms with van der Waals surface area (Å²) < 4.78 is 0. The Morgan fingerprint density at radius 2 is 2.29 bits per heavy atom. The quantitative estimate of drug-likeness (QED) is 0.694. The third kappa shape index (κ3) is 4.48. The van der Waals surface area contributed by atoms with Crippen LogP contribution in [0.4, 0.5) is 0 Å². The molecule has 0 atom stereocenters. The number of aromatic nitrogens is 1. The molecule has 0 unspecified atom stereocenters. The second-order valence-electron chi connectivity index (χ2n) is 2.73. The zero-order chi connectivity index (χ0) is 10.4. The van der Waals surface area contributed by atoms with E-state index in [1.54, 1.807) is 24.0 Å². The summed E-state index contributed by atoms with van der Waals surface area (Å²) in [5, 5.41) is 1.30. The lowest BCUT2D eigenvalue weighted by Gasteiger charge is -1.87. The lowest BCUT2D eigenvalue weighted by Crippen LogP contribution is -2.00. The van der Waals surface area contributed by atoms with Crippen LogP contribution < -0.4 is 5.73 Å². The number of hydrogen-bond donors (Lipinski definition) is 1. The number of nitrogens with zero attached hydrogens (tertiary/aromatic N) is 2. The van der Waals surface area contributed by atoms with Crippen LogP contribution in [0.25, 0.3) is 0 Å². The Kier molecular flexibility index (Phi) is 4.76. The Bertz CT molecular complexity index is 289. The second-order valence-corrected chi connectivity index (χ2v) is 4.23. The molecule has 1 aromatic rings. The van der Waals surface area contributed by atoms with Crippen LogP contribution >= 0.6 is 23.4 Å². The molecule has 0 saturated carbocycles. The van der Waals surface area contributed by atoms with E-state index in [1.807, 2.05) is 13.0 Å². The molecule has 0 amide bonds. The number of halogens is 1. The summed E-state index contributed by atoms with van der Waals surface area (Å²) in [6.45, 7) is 2.89. The highest BCUT2D eigenvalue weighted by Crippen LogP contribution is 2.05. The summed E-state index contributed by atoms with van der Waals surface area (Å²) in [5.41, 5.74) is 6.38. The third-order valence-electron chi connectivity index (χ3n) is 1.48. The van der Waals surface area contributed by atoms with Gasteiger partial charge >= 0.3 is 0 Å². The number of rotatable bonds is 0. The maximum Gasteiger partial charge on any atom is 0.153 e. The lowest BCUT2D eigenvalue weighted by molar-refractivity contribution is 1.17. The summed E-state index contributed by atoms with van der Waals surface area (Å²) in [5.74, 6) is 1.08. The third-order valence-corrected chi connectivity index (χ3v) is 2.52. The molecule has 0 spiro atoms. The highest BCUT2D eigenvalue weighted by atomic mass is 35.5. The number of aryl methyl sites for hydroxylation is 1. The van der Waals surface area contributed by atoms with Crippen molar-refractivity contribution in [2.75, 3.05) is 12.3 Å². The monoisotopic (exact) mass is 229 g/mol. The fourth-order valence-electron chi connectivity index (χ4n) is 0.801. The SMILES string of the molecule is Cc1ccc(Cl)nc1.NC1=NCCS1. The molecule has 1 aromatic heterocycles. The first-order chi connectivity index (χ1) is 6.68. The highest BCUT2D eigenvalue weighted by Gasteiger charge is 1.98. The molecule has 0 aromatic carbocycles. The molecule has 1 aliphatic rings. The van der Waals surface area contributed by atoms with Crippen LogP contribution in [0, 0.1) is 6.92 Å². The average molecular weight is 230 g/mol. The molecule has 0 bridgehead atoms. The number of thioether (sulfide) groups is 1. The molecule has 2 heterocycles. The van der Waals surface area contributed by atoms with Gasteiger partial charge in [0.05, 0.1) is 6.54 Å². The summed E-state index contributed by atoms with van der Waals surface area (Å²) >= 11 is 7.13. The fraction of sp³-hybridized carbons (Fsp3) is 0.333. The number of pyridine rings is 1. The van der Waals surface area contributed by atoms with Gasteiger partial charge in [-0.2, -0.15) is 0 Å². The minimum Gasteiger partial charge on any atom is -0.379 e. The molecule has 14 heavy (non-hydrogen) atoms. The number of aliphatic imine (C=N–C) groups is 1. The van der Waals surface area contributed by atoms with Crippen molar-refractivity contribution in [2.45, 2.75) is 6.92 Å². The van der Waals surface area contributed by atoms with E-state index in [-0.39, 0.29) is 0 Å². The van der Waals surface area contributed by atoms with Crippen LogP contribution in [0.3, 0.4) is 0 Å². The minimum atomic E-state index is 0.551. The van der Waals surface area contributed by atoms with Gasteiger partial charge in [0.25, 0.3) is 0 Å². The van der Waals surface area contributed by atoms with E-state index in [1.165, 1.54) is 0 Å². The Hall–Kier alpha value is -0.740. The number of hydrogen-bond acceptors (Lipinski definition) is 4. The Balaban J connectivity index is 0.000000146. The van der Waals surface area contributed by atoms with Crippen LogP contribution in [0.1, 0.15) is 5.56 Å². The van der Waals surface area contributed by atoms with Gasteiger partial charge in [0.1, 0.15) is 5.15 Å². The van der Waals surface area contributed by atoms with Gasteiger partial charge in [-0.25, -0.2) is 4.98 Å². The maximum absolute atomic E-state index is 5.50.